The summed E-state index contributed by atoms with van der Waals surface area (Å²) in [5, 5.41) is 3.36. The fourth-order valence-corrected chi connectivity index (χ4v) is 5.43. The van der Waals surface area contributed by atoms with Gasteiger partial charge in [0.05, 0.1) is 25.7 Å². The van der Waals surface area contributed by atoms with Crippen LogP contribution in [0.1, 0.15) is 48.7 Å². The largest absolute Gasteiger partial charge is 0.493 e. The van der Waals surface area contributed by atoms with Gasteiger partial charge in [-0.1, -0.05) is 24.3 Å². The molecule has 2 atom stereocenters. The molecule has 2 heterocycles. The third kappa shape index (κ3) is 5.47. The normalized spacial score (nSPS) is 18.6. The average Bonchev–Trinajstić information content (AvgIpc) is 3.40. The number of allylic oxidation sites excluding steroid dienone is 3. The lowest BCUT2D eigenvalue weighted by molar-refractivity contribution is -0.140. The summed E-state index contributed by atoms with van der Waals surface area (Å²) in [5.41, 5.74) is 3.31. The smallest absolute Gasteiger partial charge is 0.336 e. The van der Waals surface area contributed by atoms with Gasteiger partial charge in [0.1, 0.15) is 30.5 Å². The summed E-state index contributed by atoms with van der Waals surface area (Å²) in [6.45, 7) is 3.94. The minimum absolute atomic E-state index is 0.0437. The van der Waals surface area contributed by atoms with Gasteiger partial charge in [-0.2, -0.15) is 0 Å². The molecule has 8 heteroatoms. The Hall–Kier alpha value is -4.46. The molecule has 0 bridgehead atoms. The first kappa shape index (κ1) is 27.1. The summed E-state index contributed by atoms with van der Waals surface area (Å²) in [6, 6.07) is 18.7. The number of carbonyl (C=O) groups is 2. The van der Waals surface area contributed by atoms with Crippen LogP contribution in [0.5, 0.6) is 17.2 Å². The molecule has 0 fully saturated rings. The highest BCUT2D eigenvalue weighted by molar-refractivity contribution is 6.04. The van der Waals surface area contributed by atoms with Gasteiger partial charge in [-0.3, -0.25) is 4.79 Å². The van der Waals surface area contributed by atoms with E-state index in [9.17, 15) is 9.59 Å². The second kappa shape index (κ2) is 11.7. The van der Waals surface area contributed by atoms with Crippen LogP contribution < -0.4 is 19.5 Å². The molecule has 1 aliphatic heterocycles. The number of ketones is 1. The molecule has 8 nitrogen and oxygen atoms in total. The van der Waals surface area contributed by atoms with Crippen LogP contribution in [0.2, 0.25) is 0 Å². The second-order valence-corrected chi connectivity index (χ2v) is 9.88. The molecule has 0 radical (unpaired) electrons. The number of methoxy groups -OCH3 is 2. The Labute approximate surface area is 233 Å². The Balaban J connectivity index is 1.40. The van der Waals surface area contributed by atoms with Crippen LogP contribution in [0.4, 0.5) is 0 Å². The molecule has 2 aromatic carbocycles. The summed E-state index contributed by atoms with van der Waals surface area (Å²) >= 11 is 0. The second-order valence-electron chi connectivity index (χ2n) is 9.88. The third-order valence-electron chi connectivity index (χ3n) is 7.30. The van der Waals surface area contributed by atoms with Crippen LogP contribution in [0.3, 0.4) is 0 Å². The number of furan rings is 1. The van der Waals surface area contributed by atoms with Crippen molar-refractivity contribution in [1.29, 1.82) is 0 Å². The Kier molecular flexibility index (Phi) is 7.96. The van der Waals surface area contributed by atoms with Crippen molar-refractivity contribution in [1.82, 2.24) is 5.32 Å². The zero-order valence-corrected chi connectivity index (χ0v) is 23.1. The molecule has 3 aromatic rings. The van der Waals surface area contributed by atoms with Gasteiger partial charge in [0.15, 0.2) is 17.3 Å². The lowest BCUT2D eigenvalue weighted by Crippen LogP contribution is -2.36. The predicted octanol–water partition coefficient (Wildman–Crippen LogP) is 5.59. The van der Waals surface area contributed by atoms with Crippen LogP contribution in [0, 0.1) is 6.92 Å². The number of Topliss-reactive ketones (excluding diaryl/α,β-unsaturated/α-hetero) is 1. The number of hydrogen-bond donors (Lipinski definition) is 1. The first-order valence-electron chi connectivity index (χ1n) is 13.3. The number of rotatable bonds is 9. The van der Waals surface area contributed by atoms with E-state index in [1.165, 1.54) is 0 Å². The van der Waals surface area contributed by atoms with Crippen molar-refractivity contribution in [2.45, 2.75) is 38.5 Å². The summed E-state index contributed by atoms with van der Waals surface area (Å²) in [7, 11) is 3.19. The molecule has 0 saturated carbocycles. The number of dihydropyridines is 1. The molecule has 40 heavy (non-hydrogen) atoms. The number of nitrogens with one attached hydrogen (secondary N) is 1. The van der Waals surface area contributed by atoms with Crippen molar-refractivity contribution in [2.75, 3.05) is 27.4 Å². The van der Waals surface area contributed by atoms with Crippen LogP contribution in [-0.2, 0) is 14.3 Å². The van der Waals surface area contributed by atoms with Crippen LogP contribution >= 0.6 is 0 Å². The molecule has 0 amide bonds. The predicted molar refractivity (Wildman–Crippen MR) is 148 cm³/mol. The monoisotopic (exact) mass is 543 g/mol. The fraction of sp³-hybridized carbons (Fsp3) is 0.312. The Morgan fingerprint density at radius 1 is 0.950 bits per heavy atom. The van der Waals surface area contributed by atoms with Gasteiger partial charge in [-0.25, -0.2) is 4.79 Å². The van der Waals surface area contributed by atoms with Crippen molar-refractivity contribution >= 4 is 11.8 Å². The van der Waals surface area contributed by atoms with Crippen molar-refractivity contribution in [2.24, 2.45) is 0 Å². The number of para-hydroxylation sites is 1. The van der Waals surface area contributed by atoms with Crippen LogP contribution in [-0.4, -0.2) is 39.2 Å². The van der Waals surface area contributed by atoms with Gasteiger partial charge in [-0.05, 0) is 68.1 Å². The summed E-state index contributed by atoms with van der Waals surface area (Å²) in [6.07, 6.45) is 0.885. The molecule has 0 spiro atoms. The Morgan fingerprint density at radius 2 is 1.73 bits per heavy atom. The maximum absolute atomic E-state index is 13.8. The number of hydrogen-bond acceptors (Lipinski definition) is 8. The van der Waals surface area contributed by atoms with Gasteiger partial charge in [-0.15, -0.1) is 0 Å². The first-order valence-corrected chi connectivity index (χ1v) is 13.3. The van der Waals surface area contributed by atoms with Gasteiger partial charge in [0.2, 0.25) is 0 Å². The van der Waals surface area contributed by atoms with Crippen molar-refractivity contribution < 1.29 is 33.0 Å². The van der Waals surface area contributed by atoms with Crippen LogP contribution in [0.25, 0.3) is 0 Å². The van der Waals surface area contributed by atoms with Gasteiger partial charge in [0, 0.05) is 23.4 Å². The van der Waals surface area contributed by atoms with Gasteiger partial charge >= 0.3 is 5.97 Å². The average molecular weight is 544 g/mol. The van der Waals surface area contributed by atoms with E-state index in [0.717, 1.165) is 11.3 Å². The lowest BCUT2D eigenvalue weighted by Gasteiger charge is -2.35. The molecule has 2 aliphatic rings. The fourth-order valence-electron chi connectivity index (χ4n) is 5.43. The number of ether oxygens (including phenoxy) is 4. The van der Waals surface area contributed by atoms with E-state index in [4.69, 9.17) is 23.4 Å². The molecule has 2 unspecified atom stereocenters. The van der Waals surface area contributed by atoms with E-state index >= 15 is 0 Å². The molecule has 5 rings (SSSR count). The number of esters is 1. The van der Waals surface area contributed by atoms with Gasteiger partial charge in [0.25, 0.3) is 0 Å². The quantitative estimate of drug-likeness (QED) is 0.276. The Morgan fingerprint density at radius 3 is 2.42 bits per heavy atom. The summed E-state index contributed by atoms with van der Waals surface area (Å²) in [4.78, 5) is 27.2. The SMILES string of the molecule is COc1ccc(C2CC(=O)C3=C(C2)NC(C)=C(C(=O)OCCOc2ccccc2)C3c2ccc(C)o2)cc1OC. The van der Waals surface area contributed by atoms with Crippen LogP contribution in [0.15, 0.2) is 87.6 Å². The van der Waals surface area contributed by atoms with E-state index in [2.05, 4.69) is 5.32 Å². The molecular weight excluding hydrogens is 510 g/mol. The number of benzene rings is 2. The lowest BCUT2D eigenvalue weighted by atomic mass is 9.73. The minimum atomic E-state index is -0.661. The zero-order chi connectivity index (χ0) is 28.2. The summed E-state index contributed by atoms with van der Waals surface area (Å²) < 4.78 is 28.1. The zero-order valence-electron chi connectivity index (χ0n) is 23.1. The number of aryl methyl sites for hydroxylation is 1. The third-order valence-corrected chi connectivity index (χ3v) is 7.30. The van der Waals surface area contributed by atoms with E-state index in [1.807, 2.05) is 74.5 Å². The minimum Gasteiger partial charge on any atom is -0.493 e. The maximum Gasteiger partial charge on any atom is 0.336 e. The highest BCUT2D eigenvalue weighted by Crippen LogP contribution is 2.46. The molecule has 1 aliphatic carbocycles. The highest BCUT2D eigenvalue weighted by atomic mass is 16.6. The standard InChI is InChI=1S/C32H33NO7/c1-19-10-12-27(40-19)31-29(32(35)39-15-14-38-23-8-6-5-7-9-23)20(2)33-24-16-22(17-25(34)30(24)31)21-11-13-26(36-3)28(18-21)37-4/h5-13,18,22,31,33H,14-17H2,1-4H3. The van der Waals surface area contributed by atoms with Crippen molar-refractivity contribution in [3.05, 3.63) is 100 Å². The number of carbonyl (C=O) groups excluding carboxylic acids is 2. The molecule has 1 aromatic heterocycles. The molecule has 208 valence electrons. The van der Waals surface area contributed by atoms with E-state index in [-0.39, 0.29) is 24.9 Å². The van der Waals surface area contributed by atoms with E-state index in [0.29, 0.717) is 58.5 Å². The first-order chi connectivity index (χ1) is 19.4. The maximum atomic E-state index is 13.8. The van der Waals surface area contributed by atoms with E-state index in [1.54, 1.807) is 14.2 Å². The Bertz CT molecular complexity index is 1470. The van der Waals surface area contributed by atoms with Crippen molar-refractivity contribution in [3.8, 4) is 17.2 Å². The van der Waals surface area contributed by atoms with Gasteiger partial charge < -0.3 is 28.7 Å². The summed E-state index contributed by atoms with van der Waals surface area (Å²) in [5.74, 6) is 1.91. The molecule has 0 saturated heterocycles. The topological polar surface area (TPSA) is 96.2 Å². The molecule has 1 N–H and O–H groups in total. The van der Waals surface area contributed by atoms with E-state index < -0.39 is 11.9 Å². The van der Waals surface area contributed by atoms with Crippen molar-refractivity contribution in [3.63, 3.8) is 0 Å². The molecular formula is C32H33NO7. The highest BCUT2D eigenvalue weighted by Gasteiger charge is 2.43.